The van der Waals surface area contributed by atoms with E-state index in [1.807, 2.05) is 24.3 Å². The normalized spacial score (nSPS) is 20.2. The van der Waals surface area contributed by atoms with Gasteiger partial charge in [-0.15, -0.1) is 11.8 Å². The molecule has 0 aromatic heterocycles. The van der Waals surface area contributed by atoms with E-state index in [1.54, 1.807) is 11.8 Å². The molecule has 2 unspecified atom stereocenters. The van der Waals surface area contributed by atoms with Gasteiger partial charge in [-0.1, -0.05) is 78.9 Å². The van der Waals surface area contributed by atoms with E-state index in [0.717, 1.165) is 18.6 Å². The summed E-state index contributed by atoms with van der Waals surface area (Å²) in [5, 5.41) is 2.16. The Morgan fingerprint density at radius 2 is 1.62 bits per heavy atom. The molecule has 1 amide bonds. The maximum absolute atomic E-state index is 13.5. The molecule has 0 aliphatic carbocycles. The summed E-state index contributed by atoms with van der Waals surface area (Å²) in [6.45, 7) is 6.40. The van der Waals surface area contributed by atoms with Gasteiger partial charge in [-0.05, 0) is 50.1 Å². The number of carbonyl (C=O) groups excluding carboxylic acids is 1. The first-order valence-electron chi connectivity index (χ1n) is 10.3. The predicted molar refractivity (Wildman–Crippen MR) is 125 cm³/mol. The number of rotatable bonds is 6. The molecule has 2 atom stereocenters. The third kappa shape index (κ3) is 6.11. The lowest BCUT2D eigenvalue weighted by atomic mass is 9.95. The molecule has 1 heterocycles. The van der Waals surface area contributed by atoms with Gasteiger partial charge in [0.05, 0.1) is 12.0 Å². The lowest BCUT2D eigenvalue weighted by molar-refractivity contribution is -0.140. The molecule has 2 nitrogen and oxygen atoms in total. The topological polar surface area (TPSA) is 20.3 Å². The van der Waals surface area contributed by atoms with Crippen molar-refractivity contribution < 1.29 is 4.79 Å². The summed E-state index contributed by atoms with van der Waals surface area (Å²) in [6, 6.07) is 20.9. The Labute approximate surface area is 179 Å². The molecule has 0 fully saturated rings. The highest BCUT2D eigenvalue weighted by atomic mass is 32.2. The van der Waals surface area contributed by atoms with Crippen LogP contribution in [0.25, 0.3) is 0 Å². The Kier molecular flexibility index (Phi) is 7.38. The lowest BCUT2D eigenvalue weighted by Crippen LogP contribution is -2.52. The maximum atomic E-state index is 13.5. The van der Waals surface area contributed by atoms with Gasteiger partial charge in [0, 0.05) is 11.3 Å². The zero-order chi connectivity index (χ0) is 20.7. The molecule has 0 N–H and O–H groups in total. The van der Waals surface area contributed by atoms with Crippen LogP contribution >= 0.6 is 11.8 Å². The maximum Gasteiger partial charge on any atom is 0.230 e. The van der Waals surface area contributed by atoms with Crippen molar-refractivity contribution >= 4 is 17.7 Å². The van der Waals surface area contributed by atoms with E-state index in [4.69, 9.17) is 0 Å². The highest BCUT2D eigenvalue weighted by Crippen LogP contribution is 2.29. The van der Waals surface area contributed by atoms with Gasteiger partial charge in [0.1, 0.15) is 0 Å². The summed E-state index contributed by atoms with van der Waals surface area (Å²) in [5.41, 5.74) is 2.29. The van der Waals surface area contributed by atoms with Gasteiger partial charge in [0.2, 0.25) is 5.91 Å². The Hall–Kier alpha value is -2.26. The van der Waals surface area contributed by atoms with E-state index in [-0.39, 0.29) is 23.4 Å². The van der Waals surface area contributed by atoms with E-state index in [1.165, 1.54) is 11.1 Å². The summed E-state index contributed by atoms with van der Waals surface area (Å²) in [7, 11) is 0. The predicted octanol–water partition coefficient (Wildman–Crippen LogP) is 6.25. The average Bonchev–Trinajstić information content (AvgIpc) is 2.85. The molecule has 2 aromatic rings. The molecule has 3 heteroatoms. The Morgan fingerprint density at radius 3 is 2.24 bits per heavy atom. The van der Waals surface area contributed by atoms with E-state index in [0.29, 0.717) is 0 Å². The van der Waals surface area contributed by atoms with Gasteiger partial charge < -0.3 is 4.90 Å². The Morgan fingerprint density at radius 1 is 1.00 bits per heavy atom. The van der Waals surface area contributed by atoms with Crippen molar-refractivity contribution in [2.75, 3.05) is 0 Å². The summed E-state index contributed by atoms with van der Waals surface area (Å²) in [5.74, 6) is 1.06. The monoisotopic (exact) mass is 405 g/mol. The zero-order valence-corrected chi connectivity index (χ0v) is 18.4. The van der Waals surface area contributed by atoms with Crippen molar-refractivity contribution in [3.05, 3.63) is 95.4 Å². The second-order valence-electron chi connectivity index (χ2n) is 8.53. The molecule has 152 valence electrons. The third-order valence-corrected chi connectivity index (χ3v) is 5.99. The highest BCUT2D eigenvalue weighted by molar-refractivity contribution is 8.01. The fraction of sp³-hybridized carbons (Fsp3) is 0.346. The molecule has 2 aromatic carbocycles. The first-order chi connectivity index (χ1) is 13.9. The van der Waals surface area contributed by atoms with Gasteiger partial charge in [-0.3, -0.25) is 4.79 Å². The van der Waals surface area contributed by atoms with Crippen LogP contribution in [0, 0.1) is 5.92 Å². The number of amides is 1. The van der Waals surface area contributed by atoms with E-state index < -0.39 is 0 Å². The zero-order valence-electron chi connectivity index (χ0n) is 17.6. The molecule has 0 spiro atoms. The minimum Gasteiger partial charge on any atom is -0.331 e. The van der Waals surface area contributed by atoms with Crippen LogP contribution in [0.5, 0.6) is 0 Å². The second-order valence-corrected chi connectivity index (χ2v) is 9.43. The van der Waals surface area contributed by atoms with Crippen molar-refractivity contribution in [1.82, 2.24) is 4.90 Å². The third-order valence-electron chi connectivity index (χ3n) is 5.14. The molecule has 0 saturated carbocycles. The highest BCUT2D eigenvalue weighted by Gasteiger charge is 2.36. The van der Waals surface area contributed by atoms with Gasteiger partial charge in [-0.2, -0.15) is 0 Å². The molecule has 1 aliphatic rings. The van der Waals surface area contributed by atoms with Gasteiger partial charge in [-0.25, -0.2) is 0 Å². The Balaban J connectivity index is 1.71. The van der Waals surface area contributed by atoms with Gasteiger partial charge in [0.15, 0.2) is 0 Å². The lowest BCUT2D eigenvalue weighted by Gasteiger charge is -2.41. The quantitative estimate of drug-likeness (QED) is 0.530. The minimum absolute atomic E-state index is 0.0859. The fourth-order valence-corrected chi connectivity index (χ4v) is 4.57. The van der Waals surface area contributed by atoms with Crippen molar-refractivity contribution in [2.24, 2.45) is 5.92 Å². The van der Waals surface area contributed by atoms with Crippen molar-refractivity contribution in [3.63, 3.8) is 0 Å². The molecular formula is C26H31NOS. The van der Waals surface area contributed by atoms with Crippen LogP contribution in [-0.2, 0) is 17.0 Å². The van der Waals surface area contributed by atoms with E-state index in [9.17, 15) is 4.79 Å². The minimum atomic E-state index is -0.225. The van der Waals surface area contributed by atoms with Crippen LogP contribution in [0.3, 0.4) is 0 Å². The number of nitrogens with zero attached hydrogens (tertiary/aromatic N) is 1. The largest absolute Gasteiger partial charge is 0.331 e. The summed E-state index contributed by atoms with van der Waals surface area (Å²) in [6.07, 6.45) is 8.11. The summed E-state index contributed by atoms with van der Waals surface area (Å²) < 4.78 is 0. The van der Waals surface area contributed by atoms with Crippen molar-refractivity contribution in [2.45, 2.75) is 50.9 Å². The van der Waals surface area contributed by atoms with Crippen molar-refractivity contribution in [3.8, 4) is 0 Å². The second kappa shape index (κ2) is 9.98. The van der Waals surface area contributed by atoms with Crippen molar-refractivity contribution in [1.29, 1.82) is 0 Å². The van der Waals surface area contributed by atoms with E-state index >= 15 is 0 Å². The first-order valence-corrected chi connectivity index (χ1v) is 11.4. The molecule has 1 aliphatic heterocycles. The number of hydrogen-bond acceptors (Lipinski definition) is 2. The SMILES string of the molecule is CC(C)(C)N1C(=O)C(Cc2ccccc2)C=CCC1/C=C\SCc1ccccc1. The smallest absolute Gasteiger partial charge is 0.230 e. The van der Waals surface area contributed by atoms with Crippen LogP contribution in [0.1, 0.15) is 38.3 Å². The first kappa shape index (κ1) is 21.4. The number of carbonyl (C=O) groups is 1. The molecule has 0 radical (unpaired) electrons. The van der Waals surface area contributed by atoms with Gasteiger partial charge >= 0.3 is 0 Å². The fourth-order valence-electron chi connectivity index (χ4n) is 3.79. The molecule has 0 saturated heterocycles. The van der Waals surface area contributed by atoms with Crippen LogP contribution in [0.4, 0.5) is 0 Å². The number of hydrogen-bond donors (Lipinski definition) is 0. The average molecular weight is 406 g/mol. The standard InChI is InChI=1S/C26H31NOS/c1-26(2,3)27-24(17-18-29-20-22-13-8-5-9-14-22)16-10-15-23(25(27)28)19-21-11-6-4-7-12-21/h4-15,17-18,23-24H,16,19-20H2,1-3H3/b18-17-. The summed E-state index contributed by atoms with van der Waals surface area (Å²) >= 11 is 1.78. The Bertz CT molecular complexity index is 836. The molecule has 29 heavy (non-hydrogen) atoms. The molecule has 3 rings (SSSR count). The van der Waals surface area contributed by atoms with Crippen LogP contribution in [0.15, 0.2) is 84.3 Å². The van der Waals surface area contributed by atoms with E-state index in [2.05, 4.69) is 85.7 Å². The van der Waals surface area contributed by atoms with Gasteiger partial charge in [0.25, 0.3) is 0 Å². The summed E-state index contributed by atoms with van der Waals surface area (Å²) in [4.78, 5) is 15.6. The molecular weight excluding hydrogens is 374 g/mol. The van der Waals surface area contributed by atoms with Crippen LogP contribution in [-0.4, -0.2) is 22.4 Å². The van der Waals surface area contributed by atoms with Crippen LogP contribution < -0.4 is 0 Å². The number of thioether (sulfide) groups is 1. The number of benzene rings is 2. The molecule has 0 bridgehead atoms. The van der Waals surface area contributed by atoms with Crippen LogP contribution in [0.2, 0.25) is 0 Å².